The number of pyridine rings is 1. The van der Waals surface area contributed by atoms with E-state index in [4.69, 9.17) is 4.98 Å². The van der Waals surface area contributed by atoms with Crippen molar-refractivity contribution < 1.29 is 0 Å². The molecule has 1 aromatic carbocycles. The third-order valence-corrected chi connectivity index (χ3v) is 5.95. The quantitative estimate of drug-likeness (QED) is 0.823. The van der Waals surface area contributed by atoms with Gasteiger partial charge in [-0.3, -0.25) is 4.98 Å². The number of fused-ring (bicyclic) bond motifs is 3. The topological polar surface area (TPSA) is 16.1 Å². The molecule has 3 heterocycles. The molecule has 3 aliphatic rings. The van der Waals surface area contributed by atoms with Gasteiger partial charge in [0.05, 0.1) is 5.52 Å². The predicted molar refractivity (Wildman–Crippen MR) is 93.4 cm³/mol. The van der Waals surface area contributed by atoms with Gasteiger partial charge in [-0.25, -0.2) is 0 Å². The minimum absolute atomic E-state index is 0.932. The lowest BCUT2D eigenvalue weighted by atomic mass is 9.60. The van der Waals surface area contributed by atoms with Crippen molar-refractivity contribution in [2.75, 3.05) is 18.0 Å². The highest BCUT2D eigenvalue weighted by Crippen LogP contribution is 2.48. The molecule has 2 aromatic rings. The van der Waals surface area contributed by atoms with Crippen LogP contribution in [0.4, 0.5) is 5.69 Å². The van der Waals surface area contributed by atoms with Crippen LogP contribution >= 0.6 is 0 Å². The second-order valence-electron chi connectivity index (χ2n) is 7.21. The Bertz CT molecular complexity index is 694. The molecule has 0 N–H and O–H groups in total. The first-order valence-corrected chi connectivity index (χ1v) is 8.84. The molecule has 2 heteroatoms. The average Bonchev–Trinajstić information content (AvgIpc) is 2.54. The molecule has 0 amide bonds. The molecule has 1 aromatic heterocycles. The molecule has 0 radical (unpaired) electrons. The zero-order valence-electron chi connectivity index (χ0n) is 14.0. The number of rotatable bonds is 3. The van der Waals surface area contributed by atoms with Crippen LogP contribution in [0.5, 0.6) is 0 Å². The molecule has 22 heavy (non-hydrogen) atoms. The Balaban J connectivity index is 1.67. The molecule has 2 atom stereocenters. The molecule has 2 unspecified atom stereocenters. The van der Waals surface area contributed by atoms with E-state index in [9.17, 15) is 0 Å². The van der Waals surface area contributed by atoms with Crippen molar-refractivity contribution in [3.05, 3.63) is 35.5 Å². The van der Waals surface area contributed by atoms with Crippen molar-refractivity contribution in [3.8, 4) is 0 Å². The monoisotopic (exact) mass is 294 g/mol. The van der Waals surface area contributed by atoms with Gasteiger partial charge in [0.2, 0.25) is 0 Å². The van der Waals surface area contributed by atoms with Crippen LogP contribution in [0.3, 0.4) is 0 Å². The minimum Gasteiger partial charge on any atom is -0.371 e. The van der Waals surface area contributed by atoms with Gasteiger partial charge in [-0.2, -0.15) is 0 Å². The van der Waals surface area contributed by atoms with E-state index in [-0.39, 0.29) is 0 Å². The van der Waals surface area contributed by atoms with Crippen molar-refractivity contribution in [1.29, 1.82) is 0 Å². The molecule has 0 spiro atoms. The molecular weight excluding hydrogens is 268 g/mol. The first-order chi connectivity index (χ1) is 10.7. The van der Waals surface area contributed by atoms with Gasteiger partial charge in [0.15, 0.2) is 0 Å². The normalized spacial score (nSPS) is 27.0. The van der Waals surface area contributed by atoms with E-state index in [1.165, 1.54) is 42.6 Å². The number of aromatic nitrogens is 1. The van der Waals surface area contributed by atoms with E-state index in [1.807, 2.05) is 0 Å². The fourth-order valence-electron chi connectivity index (χ4n) is 4.79. The molecule has 2 nitrogen and oxygen atoms in total. The van der Waals surface area contributed by atoms with Crippen LogP contribution < -0.4 is 4.90 Å². The van der Waals surface area contributed by atoms with E-state index < -0.39 is 0 Å². The van der Waals surface area contributed by atoms with E-state index in [0.29, 0.717) is 0 Å². The number of aryl methyl sites for hydroxylation is 2. The summed E-state index contributed by atoms with van der Waals surface area (Å²) in [6, 6.07) is 9.12. The van der Waals surface area contributed by atoms with Crippen LogP contribution in [0.25, 0.3) is 10.9 Å². The molecule has 2 saturated heterocycles. The SMILES string of the molecule is CCc1cc(C)nc2ccc(N3CC4CC(C3)C4CC)cc12. The highest BCUT2D eigenvalue weighted by Gasteiger charge is 2.45. The first-order valence-electron chi connectivity index (χ1n) is 8.84. The average molecular weight is 294 g/mol. The maximum atomic E-state index is 4.70. The zero-order valence-corrected chi connectivity index (χ0v) is 14.0. The van der Waals surface area contributed by atoms with Gasteiger partial charge < -0.3 is 4.90 Å². The summed E-state index contributed by atoms with van der Waals surface area (Å²) in [7, 11) is 0. The van der Waals surface area contributed by atoms with Gasteiger partial charge in [-0.05, 0) is 67.3 Å². The lowest BCUT2D eigenvalue weighted by Crippen LogP contribution is -2.55. The Morgan fingerprint density at radius 3 is 2.59 bits per heavy atom. The molecule has 5 rings (SSSR count). The summed E-state index contributed by atoms with van der Waals surface area (Å²) in [5.74, 6) is 2.86. The summed E-state index contributed by atoms with van der Waals surface area (Å²) >= 11 is 0. The lowest BCUT2D eigenvalue weighted by Gasteiger charge is -2.54. The molecule has 2 aliphatic heterocycles. The Kier molecular flexibility index (Phi) is 3.36. The summed E-state index contributed by atoms with van der Waals surface area (Å²) in [5.41, 5.74) is 5.10. The van der Waals surface area contributed by atoms with Crippen LogP contribution in [0.1, 0.15) is 37.9 Å². The van der Waals surface area contributed by atoms with E-state index in [1.54, 1.807) is 0 Å². The van der Waals surface area contributed by atoms with Gasteiger partial charge >= 0.3 is 0 Å². The minimum atomic E-state index is 0.932. The maximum absolute atomic E-state index is 4.70. The molecule has 1 saturated carbocycles. The first kappa shape index (κ1) is 14.0. The second kappa shape index (κ2) is 5.26. The standard InChI is InChI=1S/C20H26N2/c1-4-14-8-13(3)21-20-7-6-17(10-19(14)20)22-11-15-9-16(12-22)18(15)5-2/h6-8,10,15-16,18H,4-5,9,11-12H2,1-3H3. The Morgan fingerprint density at radius 2 is 1.91 bits per heavy atom. The number of anilines is 1. The highest BCUT2D eigenvalue weighted by atomic mass is 15.2. The van der Waals surface area contributed by atoms with Gasteiger partial charge in [-0.1, -0.05) is 20.3 Å². The summed E-state index contributed by atoms with van der Waals surface area (Å²) in [4.78, 5) is 7.32. The highest BCUT2D eigenvalue weighted by molar-refractivity contribution is 5.86. The van der Waals surface area contributed by atoms with Crippen molar-refractivity contribution in [3.63, 3.8) is 0 Å². The lowest BCUT2D eigenvalue weighted by molar-refractivity contribution is 0.0454. The molecule has 1 aliphatic carbocycles. The van der Waals surface area contributed by atoms with Gasteiger partial charge in [-0.15, -0.1) is 0 Å². The Morgan fingerprint density at radius 1 is 1.14 bits per heavy atom. The van der Waals surface area contributed by atoms with Crippen molar-refractivity contribution in [1.82, 2.24) is 4.98 Å². The fourth-order valence-corrected chi connectivity index (χ4v) is 4.79. The van der Waals surface area contributed by atoms with Gasteiger partial charge in [0.25, 0.3) is 0 Å². The van der Waals surface area contributed by atoms with E-state index >= 15 is 0 Å². The Hall–Kier alpha value is -1.57. The number of benzene rings is 1. The summed E-state index contributed by atoms with van der Waals surface area (Å²) in [6.45, 7) is 9.19. The third kappa shape index (κ3) is 2.12. The maximum Gasteiger partial charge on any atom is 0.0709 e. The van der Waals surface area contributed by atoms with Crippen molar-refractivity contribution in [2.45, 2.75) is 40.0 Å². The predicted octanol–water partition coefficient (Wildman–Crippen LogP) is 4.59. The summed E-state index contributed by atoms with van der Waals surface area (Å²) < 4.78 is 0. The van der Waals surface area contributed by atoms with Crippen molar-refractivity contribution >= 4 is 16.6 Å². The van der Waals surface area contributed by atoms with Crippen LogP contribution in [0.2, 0.25) is 0 Å². The van der Waals surface area contributed by atoms with Gasteiger partial charge in [0.1, 0.15) is 0 Å². The van der Waals surface area contributed by atoms with Crippen LogP contribution in [-0.4, -0.2) is 18.1 Å². The van der Waals surface area contributed by atoms with Gasteiger partial charge in [0, 0.05) is 29.9 Å². The number of nitrogens with zero attached hydrogens (tertiary/aromatic N) is 2. The summed E-state index contributed by atoms with van der Waals surface area (Å²) in [6.07, 6.45) is 3.90. The van der Waals surface area contributed by atoms with Crippen molar-refractivity contribution in [2.24, 2.45) is 17.8 Å². The molecular formula is C20H26N2. The molecule has 3 fully saturated rings. The number of piperidine rings is 2. The molecule has 116 valence electrons. The van der Waals surface area contributed by atoms with Crippen LogP contribution in [-0.2, 0) is 6.42 Å². The summed E-state index contributed by atoms with van der Waals surface area (Å²) in [5, 5.41) is 1.34. The second-order valence-corrected chi connectivity index (χ2v) is 7.21. The third-order valence-electron chi connectivity index (χ3n) is 5.95. The fraction of sp³-hybridized carbons (Fsp3) is 0.550. The largest absolute Gasteiger partial charge is 0.371 e. The van der Waals surface area contributed by atoms with Crippen LogP contribution in [0.15, 0.2) is 24.3 Å². The number of hydrogen-bond donors (Lipinski definition) is 0. The van der Waals surface area contributed by atoms with E-state index in [0.717, 1.165) is 35.4 Å². The smallest absolute Gasteiger partial charge is 0.0709 e. The molecule has 2 bridgehead atoms. The Labute approximate surface area is 133 Å². The van der Waals surface area contributed by atoms with E-state index in [2.05, 4.69) is 49.9 Å². The van der Waals surface area contributed by atoms with Crippen LogP contribution in [0, 0.1) is 24.7 Å². The number of hydrogen-bond acceptors (Lipinski definition) is 2. The zero-order chi connectivity index (χ0) is 15.3.